The first-order valence-electron chi connectivity index (χ1n) is 8.08. The molecule has 124 valence electrons. The van der Waals surface area contributed by atoms with E-state index < -0.39 is 17.5 Å². The standard InChI is InChI=1S/C18H17F2N3O/c19-13-8-15(20)17(21-9-13)18(24)23-11-14-5-3-7-22(14)10-12-4-1-2-6-16(12)23/h1-2,4,6,8-9,14H,3,5,7,10-11H2/t14-/m0/s1. The van der Waals surface area contributed by atoms with Gasteiger partial charge in [0.2, 0.25) is 0 Å². The lowest BCUT2D eigenvalue weighted by molar-refractivity contribution is 0.0971. The summed E-state index contributed by atoms with van der Waals surface area (Å²) in [5, 5.41) is 0. The fourth-order valence-corrected chi connectivity index (χ4v) is 3.64. The number of fused-ring (bicyclic) bond motifs is 2. The second-order valence-corrected chi connectivity index (χ2v) is 6.29. The summed E-state index contributed by atoms with van der Waals surface area (Å²) in [7, 11) is 0. The zero-order valence-corrected chi connectivity index (χ0v) is 13.1. The first-order valence-corrected chi connectivity index (χ1v) is 8.08. The fraction of sp³-hybridized carbons (Fsp3) is 0.333. The van der Waals surface area contributed by atoms with Crippen LogP contribution >= 0.6 is 0 Å². The van der Waals surface area contributed by atoms with Crippen LogP contribution in [0.15, 0.2) is 36.5 Å². The quantitative estimate of drug-likeness (QED) is 0.807. The molecule has 6 heteroatoms. The predicted molar refractivity (Wildman–Crippen MR) is 85.7 cm³/mol. The van der Waals surface area contributed by atoms with Gasteiger partial charge in [0.05, 0.1) is 6.20 Å². The van der Waals surface area contributed by atoms with Gasteiger partial charge in [-0.2, -0.15) is 0 Å². The molecule has 2 aliphatic heterocycles. The molecular formula is C18H17F2N3O. The number of pyridine rings is 1. The van der Waals surface area contributed by atoms with Gasteiger partial charge in [-0.05, 0) is 31.0 Å². The molecule has 0 radical (unpaired) electrons. The Morgan fingerprint density at radius 2 is 2.08 bits per heavy atom. The summed E-state index contributed by atoms with van der Waals surface area (Å²) in [4.78, 5) is 20.6. The van der Waals surface area contributed by atoms with Crippen LogP contribution in [0.1, 0.15) is 28.9 Å². The van der Waals surface area contributed by atoms with Crippen molar-refractivity contribution in [3.05, 3.63) is 59.4 Å². The normalized spacial score (nSPS) is 20.4. The van der Waals surface area contributed by atoms with Crippen molar-refractivity contribution in [3.63, 3.8) is 0 Å². The zero-order valence-electron chi connectivity index (χ0n) is 13.1. The van der Waals surface area contributed by atoms with Crippen LogP contribution in [0.3, 0.4) is 0 Å². The summed E-state index contributed by atoms with van der Waals surface area (Å²) in [6, 6.07) is 8.62. The third kappa shape index (κ3) is 2.57. The summed E-state index contributed by atoms with van der Waals surface area (Å²) >= 11 is 0. The third-order valence-corrected chi connectivity index (χ3v) is 4.80. The van der Waals surface area contributed by atoms with Gasteiger partial charge in [-0.3, -0.25) is 9.69 Å². The van der Waals surface area contributed by atoms with Crippen LogP contribution in [-0.4, -0.2) is 34.9 Å². The highest BCUT2D eigenvalue weighted by Gasteiger charge is 2.34. The lowest BCUT2D eigenvalue weighted by Crippen LogP contribution is -2.41. The van der Waals surface area contributed by atoms with Crippen molar-refractivity contribution in [3.8, 4) is 0 Å². The first-order chi connectivity index (χ1) is 11.6. The second-order valence-electron chi connectivity index (χ2n) is 6.29. The summed E-state index contributed by atoms with van der Waals surface area (Å²) in [5.74, 6) is -2.24. The molecule has 1 amide bonds. The largest absolute Gasteiger partial charge is 0.305 e. The van der Waals surface area contributed by atoms with E-state index in [1.54, 1.807) is 4.90 Å². The highest BCUT2D eigenvalue weighted by molar-refractivity contribution is 6.05. The van der Waals surface area contributed by atoms with Crippen molar-refractivity contribution in [2.75, 3.05) is 18.0 Å². The van der Waals surface area contributed by atoms with Gasteiger partial charge in [0.25, 0.3) is 5.91 Å². The molecule has 3 heterocycles. The van der Waals surface area contributed by atoms with Crippen molar-refractivity contribution >= 4 is 11.6 Å². The van der Waals surface area contributed by atoms with Gasteiger partial charge in [-0.1, -0.05) is 18.2 Å². The Bertz CT molecular complexity index is 796. The van der Waals surface area contributed by atoms with Crippen molar-refractivity contribution in [2.45, 2.75) is 25.4 Å². The SMILES string of the molecule is O=C(c1ncc(F)cc1F)N1C[C@@H]2CCCN2Cc2ccccc21. The number of carbonyl (C=O) groups excluding carboxylic acids is 1. The number of hydrogen-bond acceptors (Lipinski definition) is 3. The average Bonchev–Trinajstić information content (AvgIpc) is 2.93. The van der Waals surface area contributed by atoms with Crippen LogP contribution < -0.4 is 4.90 Å². The fourth-order valence-electron chi connectivity index (χ4n) is 3.64. The topological polar surface area (TPSA) is 36.4 Å². The van der Waals surface area contributed by atoms with E-state index in [1.807, 2.05) is 24.3 Å². The Balaban J connectivity index is 1.76. The van der Waals surface area contributed by atoms with Gasteiger partial charge in [-0.25, -0.2) is 13.8 Å². The van der Waals surface area contributed by atoms with Crippen LogP contribution in [0.2, 0.25) is 0 Å². The molecule has 1 aromatic heterocycles. The monoisotopic (exact) mass is 329 g/mol. The molecule has 2 aromatic rings. The molecule has 4 nitrogen and oxygen atoms in total. The van der Waals surface area contributed by atoms with Gasteiger partial charge in [-0.15, -0.1) is 0 Å². The molecule has 1 saturated heterocycles. The number of hydrogen-bond donors (Lipinski definition) is 0. The number of rotatable bonds is 1. The van der Waals surface area contributed by atoms with Gasteiger partial charge in [0.1, 0.15) is 5.82 Å². The molecule has 1 aromatic carbocycles. The number of amides is 1. The smallest absolute Gasteiger partial charge is 0.279 e. The van der Waals surface area contributed by atoms with Gasteiger partial charge < -0.3 is 4.90 Å². The molecule has 4 rings (SSSR count). The molecule has 0 N–H and O–H groups in total. The summed E-state index contributed by atoms with van der Waals surface area (Å²) in [5.41, 5.74) is 1.48. The van der Waals surface area contributed by atoms with Crippen LogP contribution in [0.25, 0.3) is 0 Å². The van der Waals surface area contributed by atoms with E-state index in [0.29, 0.717) is 12.6 Å². The predicted octanol–water partition coefficient (Wildman–Crippen LogP) is 2.98. The first kappa shape index (κ1) is 15.2. The van der Waals surface area contributed by atoms with E-state index in [1.165, 1.54) is 0 Å². The van der Waals surface area contributed by atoms with E-state index in [4.69, 9.17) is 0 Å². The molecule has 2 aliphatic rings. The van der Waals surface area contributed by atoms with Crippen molar-refractivity contribution in [1.29, 1.82) is 0 Å². The van der Waals surface area contributed by atoms with Crippen LogP contribution in [0, 0.1) is 11.6 Å². The van der Waals surface area contributed by atoms with Gasteiger partial charge in [0, 0.05) is 30.9 Å². The summed E-state index contributed by atoms with van der Waals surface area (Å²) in [6.45, 7) is 2.28. The minimum atomic E-state index is -0.926. The number of benzene rings is 1. The Morgan fingerprint density at radius 1 is 1.25 bits per heavy atom. The zero-order chi connectivity index (χ0) is 16.7. The molecular weight excluding hydrogens is 312 g/mol. The van der Waals surface area contributed by atoms with E-state index in [-0.39, 0.29) is 11.7 Å². The Labute approximate surface area is 138 Å². The molecule has 0 unspecified atom stereocenters. The minimum Gasteiger partial charge on any atom is -0.305 e. The number of nitrogens with zero attached hydrogens (tertiary/aromatic N) is 3. The molecule has 0 spiro atoms. The Morgan fingerprint density at radius 3 is 2.92 bits per heavy atom. The van der Waals surface area contributed by atoms with Crippen molar-refractivity contribution in [2.24, 2.45) is 0 Å². The maximum absolute atomic E-state index is 14.0. The van der Waals surface area contributed by atoms with Crippen LogP contribution in [0.4, 0.5) is 14.5 Å². The van der Waals surface area contributed by atoms with Gasteiger partial charge >= 0.3 is 0 Å². The molecule has 0 saturated carbocycles. The molecule has 1 fully saturated rings. The number of halogens is 2. The lowest BCUT2D eigenvalue weighted by Gasteiger charge is -2.26. The maximum Gasteiger partial charge on any atom is 0.279 e. The molecule has 24 heavy (non-hydrogen) atoms. The number of anilines is 1. The highest BCUT2D eigenvalue weighted by Crippen LogP contribution is 2.32. The summed E-state index contributed by atoms with van der Waals surface area (Å²) < 4.78 is 27.1. The molecule has 0 aliphatic carbocycles. The highest BCUT2D eigenvalue weighted by atomic mass is 19.1. The van der Waals surface area contributed by atoms with Gasteiger partial charge in [0.15, 0.2) is 11.5 Å². The van der Waals surface area contributed by atoms with Crippen molar-refractivity contribution in [1.82, 2.24) is 9.88 Å². The van der Waals surface area contributed by atoms with Crippen molar-refractivity contribution < 1.29 is 13.6 Å². The van der Waals surface area contributed by atoms with E-state index in [2.05, 4.69) is 9.88 Å². The average molecular weight is 329 g/mol. The Hall–Kier alpha value is -2.34. The van der Waals surface area contributed by atoms with E-state index in [9.17, 15) is 13.6 Å². The minimum absolute atomic E-state index is 0.254. The Kier molecular flexibility index (Phi) is 3.76. The van der Waals surface area contributed by atoms with Crippen LogP contribution in [-0.2, 0) is 6.54 Å². The second kappa shape index (κ2) is 5.94. The number of para-hydroxylation sites is 1. The maximum atomic E-state index is 14.0. The van der Waals surface area contributed by atoms with E-state index in [0.717, 1.165) is 43.4 Å². The molecule has 1 atom stereocenters. The van der Waals surface area contributed by atoms with E-state index >= 15 is 0 Å². The number of carbonyl (C=O) groups is 1. The third-order valence-electron chi connectivity index (χ3n) is 4.80. The molecule has 0 bridgehead atoms. The number of aromatic nitrogens is 1. The van der Waals surface area contributed by atoms with Crippen LogP contribution in [0.5, 0.6) is 0 Å². The lowest BCUT2D eigenvalue weighted by atomic mass is 10.1. The summed E-state index contributed by atoms with van der Waals surface area (Å²) in [6.07, 6.45) is 2.98.